The van der Waals surface area contributed by atoms with Crippen LogP contribution in [0, 0.1) is 5.92 Å². The molecule has 4 N–H and O–H groups in total. The number of fused-ring (bicyclic) bond motifs is 1. The normalized spacial score (nSPS) is 20.5. The lowest BCUT2D eigenvalue weighted by Gasteiger charge is -2.34. The van der Waals surface area contributed by atoms with Crippen molar-refractivity contribution in [1.82, 2.24) is 25.5 Å². The summed E-state index contributed by atoms with van der Waals surface area (Å²) in [5.74, 6) is -2.25. The van der Waals surface area contributed by atoms with Crippen molar-refractivity contribution in [3.63, 3.8) is 0 Å². The number of nitrogens with zero attached hydrogens (tertiary/aromatic N) is 5. The van der Waals surface area contributed by atoms with Crippen LogP contribution in [0.5, 0.6) is 0 Å². The van der Waals surface area contributed by atoms with Gasteiger partial charge in [0, 0.05) is 57.0 Å². The van der Waals surface area contributed by atoms with Gasteiger partial charge in [-0.15, -0.1) is 0 Å². The molecule has 1 aromatic heterocycles. The molecule has 6 amide bonds. The molecule has 18 heteroatoms. The number of ether oxygens (including phenoxy) is 1. The number of amides is 6. The second kappa shape index (κ2) is 15.7. The molecular formula is C38H42N8O9S. The molecule has 3 fully saturated rings. The molecule has 0 spiro atoms. The van der Waals surface area contributed by atoms with E-state index >= 15 is 0 Å². The Balaban J connectivity index is 0.895. The number of nitrogens with one attached hydrogen (secondary N) is 2. The zero-order valence-electron chi connectivity index (χ0n) is 30.7. The minimum atomic E-state index is -3.36. The lowest BCUT2D eigenvalue weighted by atomic mass is 9.97. The molecule has 0 aliphatic carbocycles. The van der Waals surface area contributed by atoms with Gasteiger partial charge in [-0.1, -0.05) is 12.1 Å². The first-order valence-corrected chi connectivity index (χ1v) is 20.4. The Bertz CT molecular complexity index is 2210. The number of carbonyl (C=O) groups excluding carboxylic acids is 6. The van der Waals surface area contributed by atoms with Gasteiger partial charge in [0.25, 0.3) is 17.7 Å². The Kier molecular flexibility index (Phi) is 10.7. The summed E-state index contributed by atoms with van der Waals surface area (Å²) in [6.45, 7) is 2.64. The number of benzene rings is 2. The third-order valence-electron chi connectivity index (χ3n) is 10.7. The molecule has 0 radical (unpaired) electrons. The lowest BCUT2D eigenvalue weighted by molar-refractivity contribution is -0.136. The number of imide groups is 2. The number of anilines is 2. The minimum absolute atomic E-state index is 0.0271. The molecule has 3 aromatic rings. The van der Waals surface area contributed by atoms with Gasteiger partial charge >= 0.3 is 6.09 Å². The van der Waals surface area contributed by atoms with Crippen molar-refractivity contribution >= 4 is 57.0 Å². The molecule has 0 bridgehead atoms. The Morgan fingerprint density at radius 1 is 0.946 bits per heavy atom. The van der Waals surface area contributed by atoms with Crippen LogP contribution >= 0.6 is 0 Å². The summed E-state index contributed by atoms with van der Waals surface area (Å²) < 4.78 is 29.4. The quantitative estimate of drug-likeness (QED) is 0.248. The van der Waals surface area contributed by atoms with Crippen LogP contribution in [-0.2, 0) is 30.6 Å². The van der Waals surface area contributed by atoms with Crippen LogP contribution in [0.1, 0.15) is 81.0 Å². The number of nitrogens with two attached hydrogens (primary N) is 1. The molecular weight excluding hydrogens is 745 g/mol. The maximum atomic E-state index is 13.3. The molecule has 2 aromatic carbocycles. The molecule has 2 atom stereocenters. The zero-order chi connectivity index (χ0) is 39.7. The third-order valence-corrected chi connectivity index (χ3v) is 11.8. The third kappa shape index (κ3) is 8.19. The van der Waals surface area contributed by atoms with Gasteiger partial charge in [-0.25, -0.2) is 23.2 Å². The smallest absolute Gasteiger partial charge is 0.407 e. The Labute approximate surface area is 322 Å². The average molecular weight is 787 g/mol. The summed E-state index contributed by atoms with van der Waals surface area (Å²) >= 11 is 0. The van der Waals surface area contributed by atoms with E-state index in [1.54, 1.807) is 30.3 Å². The topological polar surface area (TPSA) is 231 Å². The van der Waals surface area contributed by atoms with E-state index in [0.29, 0.717) is 37.7 Å². The van der Waals surface area contributed by atoms with E-state index in [4.69, 9.17) is 15.5 Å². The lowest BCUT2D eigenvalue weighted by Crippen LogP contribution is -2.54. The Hall–Kier alpha value is -5.91. The fourth-order valence-corrected chi connectivity index (χ4v) is 8.30. The van der Waals surface area contributed by atoms with E-state index in [0.717, 1.165) is 48.1 Å². The van der Waals surface area contributed by atoms with Crippen molar-refractivity contribution in [2.45, 2.75) is 61.9 Å². The number of carbonyl (C=O) groups is 6. The van der Waals surface area contributed by atoms with Gasteiger partial charge in [0.1, 0.15) is 17.6 Å². The van der Waals surface area contributed by atoms with Gasteiger partial charge in [0.05, 0.1) is 34.5 Å². The number of piperidine rings is 3. The fourth-order valence-electron chi connectivity index (χ4n) is 7.66. The molecule has 294 valence electrons. The molecule has 4 aliphatic rings. The number of sulfone groups is 1. The zero-order valence-corrected chi connectivity index (χ0v) is 31.5. The van der Waals surface area contributed by atoms with Gasteiger partial charge in [0.2, 0.25) is 11.8 Å². The van der Waals surface area contributed by atoms with Crippen molar-refractivity contribution in [3.05, 3.63) is 76.7 Å². The molecule has 2 unspecified atom stereocenters. The number of alkyl carbamates (subject to hydrolysis) is 1. The second-order valence-corrected chi connectivity index (χ2v) is 16.6. The minimum Gasteiger partial charge on any atom is -0.449 e. The van der Waals surface area contributed by atoms with E-state index in [1.807, 2.05) is 4.90 Å². The first-order chi connectivity index (χ1) is 26.7. The summed E-state index contributed by atoms with van der Waals surface area (Å²) in [7, 11) is -3.36. The SMILES string of the molecule is CS(=O)(=O)c1ccc(Cc2nc(N3CCCC(NC(=O)OCC4CCN(c5ccc6c(c5)C(=O)N(C5CCC(=O)NC5=O)C6=O)CC4)C3)cnc2C(N)=O)cc1. The predicted octanol–water partition coefficient (Wildman–Crippen LogP) is 1.58. The van der Waals surface area contributed by atoms with Crippen molar-refractivity contribution < 1.29 is 41.9 Å². The molecule has 7 rings (SSSR count). The van der Waals surface area contributed by atoms with E-state index in [2.05, 4.69) is 20.5 Å². The second-order valence-electron chi connectivity index (χ2n) is 14.6. The number of hydrogen-bond acceptors (Lipinski definition) is 13. The largest absolute Gasteiger partial charge is 0.449 e. The van der Waals surface area contributed by atoms with E-state index in [-0.39, 0.29) is 59.5 Å². The number of hydrogen-bond donors (Lipinski definition) is 3. The van der Waals surface area contributed by atoms with Gasteiger partial charge in [-0.05, 0) is 73.9 Å². The van der Waals surface area contributed by atoms with Crippen LogP contribution < -0.4 is 26.2 Å². The molecule has 4 aliphatic heterocycles. The highest BCUT2D eigenvalue weighted by molar-refractivity contribution is 7.90. The van der Waals surface area contributed by atoms with E-state index in [9.17, 15) is 37.2 Å². The molecule has 17 nitrogen and oxygen atoms in total. The first-order valence-electron chi connectivity index (χ1n) is 18.5. The monoisotopic (exact) mass is 786 g/mol. The highest BCUT2D eigenvalue weighted by atomic mass is 32.2. The molecule has 5 heterocycles. The highest BCUT2D eigenvalue weighted by Gasteiger charge is 2.45. The summed E-state index contributed by atoms with van der Waals surface area (Å²) in [6.07, 6.45) is 5.43. The molecule has 56 heavy (non-hydrogen) atoms. The summed E-state index contributed by atoms with van der Waals surface area (Å²) in [6, 6.07) is 10.2. The summed E-state index contributed by atoms with van der Waals surface area (Å²) in [4.78, 5) is 89.6. The van der Waals surface area contributed by atoms with Crippen LogP contribution in [0.3, 0.4) is 0 Å². The van der Waals surface area contributed by atoms with E-state index < -0.39 is 51.5 Å². The average Bonchev–Trinajstić information content (AvgIpc) is 3.42. The van der Waals surface area contributed by atoms with Crippen molar-refractivity contribution in [3.8, 4) is 0 Å². The van der Waals surface area contributed by atoms with Gasteiger partial charge in [-0.3, -0.25) is 34.2 Å². The van der Waals surface area contributed by atoms with Gasteiger partial charge < -0.3 is 25.6 Å². The van der Waals surface area contributed by atoms with Gasteiger partial charge in [-0.2, -0.15) is 0 Å². The highest BCUT2D eigenvalue weighted by Crippen LogP contribution is 2.32. The van der Waals surface area contributed by atoms with Crippen molar-refractivity contribution in [2.75, 3.05) is 48.8 Å². The van der Waals surface area contributed by atoms with Crippen LogP contribution in [0.25, 0.3) is 0 Å². The van der Waals surface area contributed by atoms with Gasteiger partial charge in [0.15, 0.2) is 9.84 Å². The number of primary amides is 1. The van der Waals surface area contributed by atoms with Crippen LogP contribution in [0.2, 0.25) is 0 Å². The molecule has 3 saturated heterocycles. The first kappa shape index (κ1) is 38.4. The Morgan fingerprint density at radius 2 is 1.68 bits per heavy atom. The van der Waals surface area contributed by atoms with Crippen molar-refractivity contribution in [1.29, 1.82) is 0 Å². The molecule has 0 saturated carbocycles. The van der Waals surface area contributed by atoms with E-state index in [1.165, 1.54) is 18.3 Å². The summed E-state index contributed by atoms with van der Waals surface area (Å²) in [5.41, 5.74) is 7.95. The number of rotatable bonds is 10. The standard InChI is InChI=1S/C38H42N8O9S/c1-56(53,54)26-7-4-22(5-8-26)17-29-33(34(39)48)40-19-31(42-29)45-14-2-3-24(20-45)41-38(52)55-21-23-12-15-44(16-13-23)25-6-9-27-28(18-25)37(51)46(36(27)50)30-10-11-32(47)43-35(30)49/h4-9,18-19,23-24,30H,2-3,10-17,20-21H2,1H3,(H2,39,48)(H,41,52)(H,43,47,49). The van der Waals surface area contributed by atoms with Crippen molar-refractivity contribution in [2.24, 2.45) is 11.7 Å². The maximum Gasteiger partial charge on any atom is 0.407 e. The van der Waals surface area contributed by atoms with Crippen LogP contribution in [-0.4, -0.2) is 110 Å². The number of aromatic nitrogens is 2. The fraction of sp³-hybridized carbons (Fsp3) is 0.421. The summed E-state index contributed by atoms with van der Waals surface area (Å²) in [5, 5.41) is 5.17. The van der Waals surface area contributed by atoms with Crippen LogP contribution in [0.4, 0.5) is 16.3 Å². The predicted molar refractivity (Wildman–Crippen MR) is 201 cm³/mol. The Morgan fingerprint density at radius 3 is 2.38 bits per heavy atom. The maximum absolute atomic E-state index is 13.3. The van der Waals surface area contributed by atoms with Crippen LogP contribution in [0.15, 0.2) is 53.6 Å².